The van der Waals surface area contributed by atoms with E-state index in [1.807, 2.05) is 42.3 Å². The van der Waals surface area contributed by atoms with Gasteiger partial charge in [0.05, 0.1) is 26.8 Å². The Kier molecular flexibility index (Phi) is 14.5. The first-order chi connectivity index (χ1) is 26.6. The Balaban J connectivity index is 1.39. The van der Waals surface area contributed by atoms with Crippen molar-refractivity contribution in [1.82, 2.24) is 31.1 Å². The van der Waals surface area contributed by atoms with E-state index < -0.39 is 29.8 Å². The molecule has 0 unspecified atom stereocenters. The third-order valence-electron chi connectivity index (χ3n) is 9.93. The molecule has 4 N–H and O–H groups in total. The van der Waals surface area contributed by atoms with Crippen LogP contribution >= 0.6 is 0 Å². The van der Waals surface area contributed by atoms with Crippen molar-refractivity contribution >= 4 is 29.5 Å². The van der Waals surface area contributed by atoms with Gasteiger partial charge in [0.1, 0.15) is 23.6 Å². The first-order valence-electron chi connectivity index (χ1n) is 18.8. The van der Waals surface area contributed by atoms with Crippen LogP contribution < -0.4 is 35.5 Å². The van der Waals surface area contributed by atoms with Gasteiger partial charge in [0, 0.05) is 36.8 Å². The van der Waals surface area contributed by atoms with Crippen molar-refractivity contribution in [2.24, 2.45) is 0 Å². The molecule has 3 heterocycles. The van der Waals surface area contributed by atoms with Crippen LogP contribution in [0.4, 0.5) is 0 Å². The second-order valence-electron chi connectivity index (χ2n) is 13.9. The fourth-order valence-electron chi connectivity index (χ4n) is 6.74. The summed E-state index contributed by atoms with van der Waals surface area (Å²) in [4.78, 5) is 71.1. The van der Waals surface area contributed by atoms with Crippen molar-refractivity contribution in [3.8, 4) is 23.0 Å². The molecule has 4 bridgehead atoms. The van der Waals surface area contributed by atoms with E-state index in [2.05, 4.69) is 21.3 Å². The molecule has 0 aliphatic carbocycles. The van der Waals surface area contributed by atoms with Crippen LogP contribution in [0.2, 0.25) is 0 Å². The largest absolute Gasteiger partial charge is 0.496 e. The average Bonchev–Trinajstić information content (AvgIpc) is 3.63. The van der Waals surface area contributed by atoms with E-state index in [1.165, 1.54) is 14.2 Å². The Labute approximate surface area is 322 Å². The summed E-state index contributed by atoms with van der Waals surface area (Å²) in [6, 6.07) is 17.4. The Morgan fingerprint density at radius 1 is 0.855 bits per heavy atom. The minimum atomic E-state index is -0.970. The van der Waals surface area contributed by atoms with Crippen molar-refractivity contribution in [3.63, 3.8) is 0 Å². The Bertz CT molecular complexity index is 1820. The third-order valence-corrected chi connectivity index (χ3v) is 9.93. The number of hydrogen-bond acceptors (Lipinski definition) is 9. The van der Waals surface area contributed by atoms with Gasteiger partial charge in [-0.3, -0.25) is 28.9 Å². The lowest BCUT2D eigenvalue weighted by molar-refractivity contribution is -0.140. The summed E-state index contributed by atoms with van der Waals surface area (Å²) in [5.74, 6) is -0.287. The fraction of sp³-hybridized carbons (Fsp3) is 0.439. The van der Waals surface area contributed by atoms with Crippen molar-refractivity contribution in [1.29, 1.82) is 0 Å². The van der Waals surface area contributed by atoms with Crippen molar-refractivity contribution in [2.75, 3.05) is 47.4 Å². The third kappa shape index (κ3) is 11.2. The van der Waals surface area contributed by atoms with Gasteiger partial charge in [-0.05, 0) is 94.9 Å². The van der Waals surface area contributed by atoms with Gasteiger partial charge in [-0.1, -0.05) is 30.3 Å². The zero-order chi connectivity index (χ0) is 39.3. The molecule has 0 radical (unpaired) electrons. The van der Waals surface area contributed by atoms with Crippen LogP contribution in [-0.2, 0) is 32.1 Å². The molecular weight excluding hydrogens is 704 g/mol. The van der Waals surface area contributed by atoms with Gasteiger partial charge in [0.25, 0.3) is 5.91 Å². The molecule has 0 aromatic heterocycles. The zero-order valence-corrected chi connectivity index (χ0v) is 32.0. The van der Waals surface area contributed by atoms with E-state index in [1.54, 1.807) is 48.2 Å². The minimum Gasteiger partial charge on any atom is -0.496 e. The van der Waals surface area contributed by atoms with E-state index in [9.17, 15) is 24.0 Å². The number of benzene rings is 3. The summed E-state index contributed by atoms with van der Waals surface area (Å²) in [5.41, 5.74) is 2.01. The number of methoxy groups -OCH3 is 2. The number of nitrogens with zero attached hydrogens (tertiary/aromatic N) is 2. The van der Waals surface area contributed by atoms with Gasteiger partial charge in [-0.25, -0.2) is 0 Å². The summed E-state index contributed by atoms with van der Waals surface area (Å²) in [5, 5.41) is 11.4. The first kappa shape index (κ1) is 40.6. The van der Waals surface area contributed by atoms with E-state index in [0.29, 0.717) is 66.4 Å². The maximum atomic E-state index is 13.8. The van der Waals surface area contributed by atoms with E-state index in [4.69, 9.17) is 14.2 Å². The summed E-state index contributed by atoms with van der Waals surface area (Å²) < 4.78 is 17.2. The molecule has 3 aliphatic rings. The number of likely N-dealkylation sites (tertiary alicyclic amines) is 1. The maximum Gasteiger partial charge on any atom is 0.251 e. The number of carbonyl (C=O) groups is 5. The van der Waals surface area contributed by atoms with Crippen LogP contribution in [0.5, 0.6) is 23.0 Å². The van der Waals surface area contributed by atoms with Gasteiger partial charge in [0.2, 0.25) is 23.6 Å². The monoisotopic (exact) mass is 756 g/mol. The second-order valence-corrected chi connectivity index (χ2v) is 13.9. The second kappa shape index (κ2) is 19.6. The summed E-state index contributed by atoms with van der Waals surface area (Å²) in [7, 11) is 4.91. The Morgan fingerprint density at radius 3 is 2.36 bits per heavy atom. The number of carbonyl (C=O) groups excluding carboxylic acids is 5. The molecule has 55 heavy (non-hydrogen) atoms. The molecule has 14 nitrogen and oxygen atoms in total. The number of fused-ring (bicyclic) bond motifs is 18. The van der Waals surface area contributed by atoms with Crippen LogP contribution in [-0.4, -0.2) is 105 Å². The van der Waals surface area contributed by atoms with Gasteiger partial charge in [-0.15, -0.1) is 0 Å². The standard InChI is InChI=1S/C41H52N6O8/c1-27-38(49)43-25-30-15-17-31(24-35(30)54-4)55-36-23-29(16-19-34(36)53-3)39(50)42-20-8-9-22-47(41(52)33-13-10-21-46(33)2)26-37(48)45-32(40(51)44-27)18-14-28-11-6-5-7-12-28/h5-7,11-12,15-17,19,23-24,27,32-33H,8-10,13-14,18,20-22,25-26H2,1-4H3,(H,42,50)(H,43,49)(H,44,51)(H,45,48)/t27-,32-,33-/m0/s1. The lowest BCUT2D eigenvalue weighted by Gasteiger charge is -2.29. The number of ether oxygens (including phenoxy) is 3. The van der Waals surface area contributed by atoms with Gasteiger partial charge < -0.3 is 40.4 Å². The Morgan fingerprint density at radius 2 is 1.64 bits per heavy atom. The molecule has 294 valence electrons. The van der Waals surface area contributed by atoms with Crippen molar-refractivity contribution in [3.05, 3.63) is 83.4 Å². The number of nitrogens with one attached hydrogen (secondary N) is 4. The zero-order valence-electron chi connectivity index (χ0n) is 32.0. The van der Waals surface area contributed by atoms with E-state index in [0.717, 1.165) is 18.5 Å². The molecule has 6 rings (SSSR count). The quantitative estimate of drug-likeness (QED) is 0.277. The lowest BCUT2D eigenvalue weighted by Crippen LogP contribution is -2.55. The van der Waals surface area contributed by atoms with Gasteiger partial charge >= 0.3 is 0 Å². The smallest absolute Gasteiger partial charge is 0.251 e. The highest BCUT2D eigenvalue weighted by molar-refractivity contribution is 5.95. The molecule has 3 aromatic carbocycles. The van der Waals surface area contributed by atoms with Crippen molar-refractivity contribution < 1.29 is 38.2 Å². The molecule has 0 spiro atoms. The molecule has 0 saturated carbocycles. The number of hydrogen-bond donors (Lipinski definition) is 4. The van der Waals surface area contributed by atoms with Crippen LogP contribution in [0.25, 0.3) is 0 Å². The average molecular weight is 757 g/mol. The fourth-order valence-corrected chi connectivity index (χ4v) is 6.74. The summed E-state index contributed by atoms with van der Waals surface area (Å²) in [6.07, 6.45) is 3.41. The number of likely N-dealkylation sites (N-methyl/N-ethyl adjacent to an activating group) is 1. The maximum absolute atomic E-state index is 13.8. The number of aryl methyl sites for hydroxylation is 1. The predicted molar refractivity (Wildman–Crippen MR) is 206 cm³/mol. The summed E-state index contributed by atoms with van der Waals surface area (Å²) in [6.45, 7) is 2.83. The van der Waals surface area contributed by atoms with Crippen LogP contribution in [0.3, 0.4) is 0 Å². The SMILES string of the molecule is COc1cc2ccc1CNC(=O)[C@H](C)NC(=O)[C@H](CCc1ccccc1)NC(=O)CN(C(=O)[C@@H]1CCCN1C)CCCCNC(=O)c1ccc(OC)c(c1)O2. The van der Waals surface area contributed by atoms with Gasteiger partial charge in [0.15, 0.2) is 11.5 Å². The molecule has 3 aromatic rings. The van der Waals surface area contributed by atoms with Gasteiger partial charge in [-0.2, -0.15) is 0 Å². The van der Waals surface area contributed by atoms with Crippen molar-refractivity contribution in [2.45, 2.75) is 70.1 Å². The van der Waals surface area contributed by atoms with E-state index in [-0.39, 0.29) is 43.9 Å². The Hall–Kier alpha value is -5.63. The molecular formula is C41H52N6O8. The minimum absolute atomic E-state index is 0.0929. The highest BCUT2D eigenvalue weighted by atomic mass is 16.5. The van der Waals surface area contributed by atoms with Crippen LogP contribution in [0.1, 0.15) is 60.5 Å². The highest BCUT2D eigenvalue weighted by Crippen LogP contribution is 2.35. The molecule has 1 fully saturated rings. The topological polar surface area (TPSA) is 168 Å². The first-order valence-corrected chi connectivity index (χ1v) is 18.8. The molecule has 14 heteroatoms. The van der Waals surface area contributed by atoms with E-state index >= 15 is 0 Å². The molecule has 1 saturated heterocycles. The molecule has 3 aliphatic heterocycles. The number of rotatable bonds is 6. The predicted octanol–water partition coefficient (Wildman–Crippen LogP) is 3.18. The van der Waals surface area contributed by atoms with Crippen LogP contribution in [0.15, 0.2) is 66.7 Å². The summed E-state index contributed by atoms with van der Waals surface area (Å²) >= 11 is 0. The normalized spacial score (nSPS) is 20.9. The molecule has 3 atom stereocenters. The highest BCUT2D eigenvalue weighted by Gasteiger charge is 2.33. The van der Waals surface area contributed by atoms with Crippen LogP contribution in [0, 0.1) is 0 Å². The lowest BCUT2D eigenvalue weighted by atomic mass is 10.0. The molecule has 5 amide bonds. The number of amides is 5.